The summed E-state index contributed by atoms with van der Waals surface area (Å²) in [6.07, 6.45) is 1.31. The lowest BCUT2D eigenvalue weighted by atomic mass is 10.0. The van der Waals surface area contributed by atoms with E-state index >= 15 is 0 Å². The van der Waals surface area contributed by atoms with Gasteiger partial charge in [0.25, 0.3) is 0 Å². The summed E-state index contributed by atoms with van der Waals surface area (Å²) in [6, 6.07) is 22.3. The van der Waals surface area contributed by atoms with Crippen molar-refractivity contribution in [3.05, 3.63) is 95.9 Å². The summed E-state index contributed by atoms with van der Waals surface area (Å²) in [6.45, 7) is 0.852. The number of aliphatic hydroxyl groups excluding tert-OH is 1. The van der Waals surface area contributed by atoms with Crippen LogP contribution in [0.4, 0.5) is 4.39 Å². The molecule has 1 heterocycles. The number of hydrogen-bond acceptors (Lipinski definition) is 3. The standard InChI is InChI=1S/C25H26FN3O/c1-28-15-24(30)25(19-8-5-9-20(26)13-19)29-16-22(21-10-2-3-11-23(21)29)18-7-4-6-17(12-18)14-27/h2-13,16,24-25,28,30H,14-15,27H2,1H3. The molecule has 2 atom stereocenters. The average molecular weight is 404 g/mol. The van der Waals surface area contributed by atoms with E-state index in [4.69, 9.17) is 5.73 Å². The number of hydrogen-bond donors (Lipinski definition) is 3. The number of fused-ring (bicyclic) bond motifs is 1. The van der Waals surface area contributed by atoms with E-state index < -0.39 is 12.1 Å². The molecule has 30 heavy (non-hydrogen) atoms. The van der Waals surface area contributed by atoms with Crippen LogP contribution in [0.25, 0.3) is 22.0 Å². The van der Waals surface area contributed by atoms with Crippen LogP contribution in [0.5, 0.6) is 0 Å². The third kappa shape index (κ3) is 3.87. The average Bonchev–Trinajstić information content (AvgIpc) is 3.14. The largest absolute Gasteiger partial charge is 0.389 e. The summed E-state index contributed by atoms with van der Waals surface area (Å²) >= 11 is 0. The molecule has 0 amide bonds. The minimum atomic E-state index is -0.740. The summed E-state index contributed by atoms with van der Waals surface area (Å²) in [5.41, 5.74) is 10.7. The van der Waals surface area contributed by atoms with Crippen molar-refractivity contribution in [3.63, 3.8) is 0 Å². The van der Waals surface area contributed by atoms with Gasteiger partial charge in [0, 0.05) is 35.8 Å². The van der Waals surface area contributed by atoms with Crippen molar-refractivity contribution in [2.75, 3.05) is 13.6 Å². The fourth-order valence-electron chi connectivity index (χ4n) is 4.11. The van der Waals surface area contributed by atoms with Gasteiger partial charge >= 0.3 is 0 Å². The molecule has 0 saturated heterocycles. The van der Waals surface area contributed by atoms with Crippen LogP contribution in [-0.2, 0) is 6.54 Å². The molecule has 0 aliphatic heterocycles. The molecule has 0 bridgehead atoms. The van der Waals surface area contributed by atoms with Gasteiger partial charge in [0.2, 0.25) is 0 Å². The predicted molar refractivity (Wildman–Crippen MR) is 120 cm³/mol. The van der Waals surface area contributed by atoms with Crippen molar-refractivity contribution < 1.29 is 9.50 Å². The van der Waals surface area contributed by atoms with E-state index in [0.717, 1.165) is 33.2 Å². The van der Waals surface area contributed by atoms with Crippen LogP contribution in [0.3, 0.4) is 0 Å². The molecule has 0 spiro atoms. The maximum Gasteiger partial charge on any atom is 0.123 e. The zero-order valence-corrected chi connectivity index (χ0v) is 16.9. The molecule has 0 saturated carbocycles. The Bertz CT molecular complexity index is 1150. The molecule has 0 fully saturated rings. The van der Waals surface area contributed by atoms with Gasteiger partial charge in [0.05, 0.1) is 12.1 Å². The molecule has 1 aromatic heterocycles. The Morgan fingerprint density at radius 1 is 1.03 bits per heavy atom. The zero-order valence-electron chi connectivity index (χ0n) is 16.9. The SMILES string of the molecule is CNCC(O)C(c1cccc(F)c1)n1cc(-c2cccc(CN)c2)c2ccccc21. The molecular formula is C25H26FN3O. The highest BCUT2D eigenvalue weighted by molar-refractivity contribution is 5.96. The maximum atomic E-state index is 14.0. The van der Waals surface area contributed by atoms with Gasteiger partial charge in [-0.3, -0.25) is 0 Å². The van der Waals surface area contributed by atoms with E-state index in [0.29, 0.717) is 13.1 Å². The van der Waals surface area contributed by atoms with Gasteiger partial charge in [-0.05, 0) is 48.0 Å². The Morgan fingerprint density at radius 3 is 2.60 bits per heavy atom. The Labute approximate surface area is 175 Å². The third-order valence-corrected chi connectivity index (χ3v) is 5.48. The first-order chi connectivity index (χ1) is 14.6. The normalized spacial score (nSPS) is 13.5. The molecule has 154 valence electrons. The summed E-state index contributed by atoms with van der Waals surface area (Å²) in [5, 5.41) is 15.1. The number of nitrogens with zero attached hydrogens (tertiary/aromatic N) is 1. The van der Waals surface area contributed by atoms with E-state index in [9.17, 15) is 9.50 Å². The van der Waals surface area contributed by atoms with Gasteiger partial charge in [0.15, 0.2) is 0 Å². The fourth-order valence-corrected chi connectivity index (χ4v) is 4.11. The van der Waals surface area contributed by atoms with Gasteiger partial charge in [-0.2, -0.15) is 0 Å². The Balaban J connectivity index is 1.93. The molecule has 0 aliphatic carbocycles. The molecule has 0 radical (unpaired) electrons. The molecule has 4 rings (SSSR count). The summed E-state index contributed by atoms with van der Waals surface area (Å²) < 4.78 is 16.1. The predicted octanol–water partition coefficient (Wildman–Crippen LogP) is 4.08. The van der Waals surface area contributed by atoms with Crippen LogP contribution in [0, 0.1) is 5.82 Å². The van der Waals surface area contributed by atoms with Crippen LogP contribution in [0.2, 0.25) is 0 Å². The van der Waals surface area contributed by atoms with Crippen LogP contribution < -0.4 is 11.1 Å². The lowest BCUT2D eigenvalue weighted by Gasteiger charge is -2.26. The Kier molecular flexibility index (Phi) is 5.95. The van der Waals surface area contributed by atoms with Crippen LogP contribution >= 0.6 is 0 Å². The minimum Gasteiger partial charge on any atom is -0.389 e. The van der Waals surface area contributed by atoms with Crippen LogP contribution in [0.1, 0.15) is 17.2 Å². The summed E-state index contributed by atoms with van der Waals surface area (Å²) in [7, 11) is 1.80. The Hall–Kier alpha value is -2.99. The number of aromatic nitrogens is 1. The van der Waals surface area contributed by atoms with E-state index in [1.807, 2.05) is 36.4 Å². The summed E-state index contributed by atoms with van der Waals surface area (Å²) in [5.74, 6) is -0.318. The van der Waals surface area contributed by atoms with Crippen molar-refractivity contribution in [2.45, 2.75) is 18.7 Å². The second-order valence-electron chi connectivity index (χ2n) is 7.50. The fraction of sp³-hybridized carbons (Fsp3) is 0.200. The quantitative estimate of drug-likeness (QED) is 0.436. The molecular weight excluding hydrogens is 377 g/mol. The molecule has 4 nitrogen and oxygen atoms in total. The summed E-state index contributed by atoms with van der Waals surface area (Å²) in [4.78, 5) is 0. The second-order valence-corrected chi connectivity index (χ2v) is 7.50. The van der Waals surface area contributed by atoms with Gasteiger partial charge in [-0.25, -0.2) is 4.39 Å². The monoisotopic (exact) mass is 403 g/mol. The third-order valence-electron chi connectivity index (χ3n) is 5.48. The van der Waals surface area contributed by atoms with Crippen LogP contribution in [-0.4, -0.2) is 29.4 Å². The maximum absolute atomic E-state index is 14.0. The lowest BCUT2D eigenvalue weighted by Crippen LogP contribution is -2.33. The number of aliphatic hydroxyl groups is 1. The minimum absolute atomic E-state index is 0.318. The highest BCUT2D eigenvalue weighted by Crippen LogP contribution is 2.36. The molecule has 0 aliphatic rings. The van der Waals surface area contributed by atoms with Crippen molar-refractivity contribution >= 4 is 10.9 Å². The molecule has 3 aromatic carbocycles. The van der Waals surface area contributed by atoms with Crippen LogP contribution in [0.15, 0.2) is 79.0 Å². The lowest BCUT2D eigenvalue weighted by molar-refractivity contribution is 0.132. The highest BCUT2D eigenvalue weighted by Gasteiger charge is 2.25. The second kappa shape index (κ2) is 8.79. The smallest absolute Gasteiger partial charge is 0.123 e. The van der Waals surface area contributed by atoms with E-state index in [-0.39, 0.29) is 5.82 Å². The number of halogens is 1. The number of benzene rings is 3. The Morgan fingerprint density at radius 2 is 1.83 bits per heavy atom. The van der Waals surface area contributed by atoms with Crippen molar-refractivity contribution in [2.24, 2.45) is 5.73 Å². The van der Waals surface area contributed by atoms with E-state index in [1.54, 1.807) is 13.1 Å². The molecule has 4 aromatic rings. The number of nitrogens with two attached hydrogens (primary N) is 1. The molecule has 5 heteroatoms. The first-order valence-electron chi connectivity index (χ1n) is 10.1. The van der Waals surface area contributed by atoms with Gasteiger partial charge in [0.1, 0.15) is 5.82 Å². The van der Waals surface area contributed by atoms with E-state index in [1.165, 1.54) is 12.1 Å². The first-order valence-corrected chi connectivity index (χ1v) is 10.1. The molecule has 4 N–H and O–H groups in total. The van der Waals surface area contributed by atoms with Crippen molar-refractivity contribution in [1.29, 1.82) is 0 Å². The first kappa shape index (κ1) is 20.3. The van der Waals surface area contributed by atoms with Crippen molar-refractivity contribution in [1.82, 2.24) is 9.88 Å². The topological polar surface area (TPSA) is 63.2 Å². The molecule has 2 unspecified atom stereocenters. The van der Waals surface area contributed by atoms with Gasteiger partial charge in [-0.1, -0.05) is 48.5 Å². The number of para-hydroxylation sites is 1. The highest BCUT2D eigenvalue weighted by atomic mass is 19.1. The zero-order chi connectivity index (χ0) is 21.1. The number of rotatable bonds is 7. The number of nitrogens with one attached hydrogen (secondary N) is 1. The van der Waals surface area contributed by atoms with Gasteiger partial charge < -0.3 is 20.7 Å². The van der Waals surface area contributed by atoms with Gasteiger partial charge in [-0.15, -0.1) is 0 Å². The van der Waals surface area contributed by atoms with E-state index in [2.05, 4.69) is 34.3 Å². The number of likely N-dealkylation sites (N-methyl/N-ethyl adjacent to an activating group) is 1. The van der Waals surface area contributed by atoms with Crippen molar-refractivity contribution in [3.8, 4) is 11.1 Å².